The van der Waals surface area contributed by atoms with Crippen LogP contribution < -0.4 is 5.73 Å². The van der Waals surface area contributed by atoms with Gasteiger partial charge in [-0.3, -0.25) is 15.2 Å². The van der Waals surface area contributed by atoms with Crippen molar-refractivity contribution in [3.8, 4) is 11.4 Å². The Morgan fingerprint density at radius 3 is 2.65 bits per heavy atom. The molecule has 0 radical (unpaired) electrons. The van der Waals surface area contributed by atoms with Gasteiger partial charge in [-0.25, -0.2) is 4.39 Å². The second-order valence-corrected chi connectivity index (χ2v) is 3.05. The number of nitro groups is 1. The van der Waals surface area contributed by atoms with Crippen LogP contribution in [-0.4, -0.2) is 20.1 Å². The van der Waals surface area contributed by atoms with Crippen LogP contribution in [0.25, 0.3) is 11.4 Å². The van der Waals surface area contributed by atoms with Gasteiger partial charge in [-0.2, -0.15) is 9.37 Å². The molecule has 0 amide bonds. The summed E-state index contributed by atoms with van der Waals surface area (Å²) in [7, 11) is 0. The molecule has 17 heavy (non-hydrogen) atoms. The summed E-state index contributed by atoms with van der Waals surface area (Å²) < 4.78 is 27.1. The largest absolute Gasteiger partial charge is 0.366 e. The maximum absolute atomic E-state index is 13.7. The van der Waals surface area contributed by atoms with Gasteiger partial charge in [0.05, 0.1) is 10.5 Å². The van der Waals surface area contributed by atoms with E-state index in [1.165, 1.54) is 0 Å². The van der Waals surface area contributed by atoms with Gasteiger partial charge in [0.2, 0.25) is 11.8 Å². The summed E-state index contributed by atoms with van der Waals surface area (Å²) in [5, 5.41) is 16.1. The van der Waals surface area contributed by atoms with Gasteiger partial charge in [-0.15, -0.1) is 5.10 Å². The molecule has 2 aromatic rings. The van der Waals surface area contributed by atoms with Crippen LogP contribution in [0, 0.1) is 21.7 Å². The summed E-state index contributed by atoms with van der Waals surface area (Å²) in [4.78, 5) is 13.0. The smallest absolute Gasteiger partial charge is 0.305 e. The minimum Gasteiger partial charge on any atom is -0.366 e. The maximum atomic E-state index is 13.7. The van der Waals surface area contributed by atoms with E-state index in [1.54, 1.807) is 0 Å². The summed E-state index contributed by atoms with van der Waals surface area (Å²) in [6, 6.07) is 1.50. The fourth-order valence-corrected chi connectivity index (χ4v) is 1.29. The Kier molecular flexibility index (Phi) is 2.42. The lowest BCUT2D eigenvalue weighted by Crippen LogP contribution is -1.98. The second kappa shape index (κ2) is 3.77. The highest BCUT2D eigenvalue weighted by molar-refractivity contribution is 5.62. The van der Waals surface area contributed by atoms with Crippen LogP contribution in [-0.2, 0) is 0 Å². The van der Waals surface area contributed by atoms with E-state index in [0.29, 0.717) is 0 Å². The lowest BCUT2D eigenvalue weighted by atomic mass is 10.1. The molecule has 0 atom stereocenters. The van der Waals surface area contributed by atoms with E-state index in [-0.39, 0.29) is 11.8 Å². The molecule has 0 aliphatic carbocycles. The summed E-state index contributed by atoms with van der Waals surface area (Å²) in [5.41, 5.74) is 3.67. The van der Waals surface area contributed by atoms with E-state index in [2.05, 4.69) is 15.2 Å². The molecule has 2 rings (SSSR count). The predicted octanol–water partition coefficient (Wildman–Crippen LogP) is 1.24. The third-order valence-electron chi connectivity index (χ3n) is 2.01. The first-order valence-electron chi connectivity index (χ1n) is 4.31. The van der Waals surface area contributed by atoms with Crippen molar-refractivity contribution < 1.29 is 13.7 Å². The number of nitrogens with two attached hydrogens (primary N) is 1. The van der Waals surface area contributed by atoms with Gasteiger partial charge >= 0.3 is 5.69 Å². The third-order valence-corrected chi connectivity index (χ3v) is 2.01. The number of benzene rings is 1. The van der Waals surface area contributed by atoms with E-state index in [4.69, 9.17) is 5.73 Å². The molecule has 0 unspecified atom stereocenters. The number of aromatic amines is 1. The van der Waals surface area contributed by atoms with Crippen molar-refractivity contribution in [1.29, 1.82) is 0 Å². The Morgan fingerprint density at radius 1 is 1.41 bits per heavy atom. The molecule has 1 aromatic heterocycles. The molecule has 1 heterocycles. The molecular weight excluding hydrogens is 236 g/mol. The fraction of sp³-hybridized carbons (Fsp3) is 0. The van der Waals surface area contributed by atoms with Crippen LogP contribution in [0.5, 0.6) is 0 Å². The second-order valence-electron chi connectivity index (χ2n) is 3.05. The van der Waals surface area contributed by atoms with E-state index < -0.39 is 27.8 Å². The Bertz CT molecular complexity index is 598. The standard InChI is InChI=1S/C8H5F2N5O2/c9-3-1-2-4(15(16)17)6(10)5(3)7-12-8(11)14-13-7/h1-2H,(H3,11,12,13,14). The first-order valence-corrected chi connectivity index (χ1v) is 4.31. The average molecular weight is 241 g/mol. The number of aromatic nitrogens is 3. The van der Waals surface area contributed by atoms with Gasteiger partial charge in [0.1, 0.15) is 5.82 Å². The zero-order valence-corrected chi connectivity index (χ0v) is 8.15. The summed E-state index contributed by atoms with van der Waals surface area (Å²) in [5.74, 6) is -2.85. The van der Waals surface area contributed by atoms with Crippen LogP contribution in [0.4, 0.5) is 20.4 Å². The van der Waals surface area contributed by atoms with Gasteiger partial charge < -0.3 is 5.73 Å². The van der Waals surface area contributed by atoms with Crippen LogP contribution >= 0.6 is 0 Å². The number of hydrogen-bond acceptors (Lipinski definition) is 5. The van der Waals surface area contributed by atoms with Gasteiger partial charge in [0, 0.05) is 6.07 Å². The summed E-state index contributed by atoms with van der Waals surface area (Å²) >= 11 is 0. The van der Waals surface area contributed by atoms with Crippen molar-refractivity contribution >= 4 is 11.6 Å². The van der Waals surface area contributed by atoms with Crippen molar-refractivity contribution in [2.75, 3.05) is 5.73 Å². The summed E-state index contributed by atoms with van der Waals surface area (Å²) in [6.45, 7) is 0. The normalized spacial score (nSPS) is 10.5. The molecule has 0 fully saturated rings. The van der Waals surface area contributed by atoms with E-state index in [0.717, 1.165) is 12.1 Å². The molecule has 88 valence electrons. The summed E-state index contributed by atoms with van der Waals surface area (Å²) in [6.07, 6.45) is 0. The number of nitrogen functional groups attached to an aromatic ring is 1. The first-order chi connectivity index (χ1) is 8.00. The predicted molar refractivity (Wildman–Crippen MR) is 52.8 cm³/mol. The third kappa shape index (κ3) is 1.77. The number of nitrogens with one attached hydrogen (secondary N) is 1. The van der Waals surface area contributed by atoms with Crippen molar-refractivity contribution in [2.45, 2.75) is 0 Å². The number of nitro benzene ring substituents is 1. The van der Waals surface area contributed by atoms with E-state index >= 15 is 0 Å². The number of halogens is 2. The van der Waals surface area contributed by atoms with Gasteiger partial charge in [0.15, 0.2) is 5.82 Å². The lowest BCUT2D eigenvalue weighted by molar-refractivity contribution is -0.387. The highest BCUT2D eigenvalue weighted by Gasteiger charge is 2.24. The zero-order chi connectivity index (χ0) is 12.6. The molecule has 0 spiro atoms. The SMILES string of the molecule is Nc1n[nH]c(-c2c(F)ccc([N+](=O)[O-])c2F)n1. The molecule has 0 saturated carbocycles. The van der Waals surface area contributed by atoms with Crippen molar-refractivity contribution in [3.05, 3.63) is 33.9 Å². The highest BCUT2D eigenvalue weighted by Crippen LogP contribution is 2.29. The van der Waals surface area contributed by atoms with Gasteiger partial charge in [-0.05, 0) is 6.07 Å². The minimum absolute atomic E-state index is 0.217. The Balaban J connectivity index is 2.68. The molecule has 0 saturated heterocycles. The Hall–Kier alpha value is -2.58. The molecular formula is C8H5F2N5O2. The minimum atomic E-state index is -1.33. The van der Waals surface area contributed by atoms with E-state index in [9.17, 15) is 18.9 Å². The first kappa shape index (κ1) is 10.9. The number of nitrogens with zero attached hydrogens (tertiary/aromatic N) is 3. The number of anilines is 1. The van der Waals surface area contributed by atoms with Crippen molar-refractivity contribution in [2.24, 2.45) is 0 Å². The quantitative estimate of drug-likeness (QED) is 0.606. The van der Waals surface area contributed by atoms with Gasteiger partial charge in [-0.1, -0.05) is 0 Å². The van der Waals surface area contributed by atoms with Crippen LogP contribution in [0.1, 0.15) is 0 Å². The van der Waals surface area contributed by atoms with Crippen LogP contribution in [0.3, 0.4) is 0 Å². The fourth-order valence-electron chi connectivity index (χ4n) is 1.29. The molecule has 0 bridgehead atoms. The van der Waals surface area contributed by atoms with Crippen LogP contribution in [0.2, 0.25) is 0 Å². The molecule has 1 aromatic carbocycles. The molecule has 9 heteroatoms. The lowest BCUT2D eigenvalue weighted by Gasteiger charge is -2.01. The van der Waals surface area contributed by atoms with Crippen molar-refractivity contribution in [1.82, 2.24) is 15.2 Å². The highest BCUT2D eigenvalue weighted by atomic mass is 19.1. The molecule has 0 aliphatic heterocycles. The van der Waals surface area contributed by atoms with Crippen LogP contribution in [0.15, 0.2) is 12.1 Å². The molecule has 3 N–H and O–H groups in total. The van der Waals surface area contributed by atoms with E-state index in [1.807, 2.05) is 0 Å². The maximum Gasteiger partial charge on any atom is 0.305 e. The average Bonchev–Trinajstić information content (AvgIpc) is 2.64. The van der Waals surface area contributed by atoms with Crippen molar-refractivity contribution in [3.63, 3.8) is 0 Å². The number of rotatable bonds is 2. The molecule has 7 nitrogen and oxygen atoms in total. The Morgan fingerprint density at radius 2 is 2.12 bits per heavy atom. The monoisotopic (exact) mass is 241 g/mol. The topological polar surface area (TPSA) is 111 Å². The number of hydrogen-bond donors (Lipinski definition) is 2. The zero-order valence-electron chi connectivity index (χ0n) is 8.15. The van der Waals surface area contributed by atoms with Gasteiger partial charge in [0.25, 0.3) is 0 Å². The number of H-pyrrole nitrogens is 1. The molecule has 0 aliphatic rings. The Labute approximate surface area is 92.4 Å².